The van der Waals surface area contributed by atoms with Gasteiger partial charge in [0.2, 0.25) is 0 Å². The summed E-state index contributed by atoms with van der Waals surface area (Å²) in [5.41, 5.74) is 2.19. The maximum absolute atomic E-state index is 8.59. The molecule has 0 unspecified atom stereocenters. The minimum Gasteiger partial charge on any atom is -0.293 e. The maximum Gasteiger partial charge on any atom is 0.181 e. The number of aryl methyl sites for hydroxylation is 1. The first-order chi connectivity index (χ1) is 5.76. The van der Waals surface area contributed by atoms with E-state index in [4.69, 9.17) is 10.5 Å². The maximum atomic E-state index is 8.59. The minimum atomic E-state index is 0.563. The van der Waals surface area contributed by atoms with Crippen molar-refractivity contribution in [2.45, 2.75) is 6.92 Å². The number of anilines is 1. The molecule has 0 aliphatic heterocycles. The van der Waals surface area contributed by atoms with Crippen molar-refractivity contribution in [3.8, 4) is 12.3 Å². The Bertz CT molecular complexity index is 368. The Morgan fingerprint density at radius 2 is 2.00 bits per heavy atom. The molecular formula is C9H7N3. The van der Waals surface area contributed by atoms with Crippen LogP contribution in [-0.4, -0.2) is 0 Å². The third kappa shape index (κ3) is 1.74. The Kier molecular flexibility index (Phi) is 2.30. The number of nitrogens with one attached hydrogen (secondary N) is 1. The number of hydrogen-bond acceptors (Lipinski definition) is 3. The van der Waals surface area contributed by atoms with Gasteiger partial charge in [-0.05, 0) is 30.7 Å². The standard InChI is InChI=1S/C9H7N3/c1-7-2-8(5-10)4-9(3-7)12-6-11/h2-4,12H,1H3. The Labute approximate surface area is 70.9 Å². The zero-order valence-corrected chi connectivity index (χ0v) is 6.63. The van der Waals surface area contributed by atoms with Gasteiger partial charge in [0, 0.05) is 5.69 Å². The van der Waals surface area contributed by atoms with Gasteiger partial charge < -0.3 is 0 Å². The van der Waals surface area contributed by atoms with Crippen LogP contribution >= 0.6 is 0 Å². The molecule has 0 heterocycles. The molecule has 0 aliphatic rings. The summed E-state index contributed by atoms with van der Waals surface area (Å²) in [7, 11) is 0. The predicted molar refractivity (Wildman–Crippen MR) is 45.1 cm³/mol. The molecule has 1 aromatic rings. The Morgan fingerprint density at radius 3 is 2.58 bits per heavy atom. The van der Waals surface area contributed by atoms with E-state index in [1.807, 2.05) is 19.1 Å². The van der Waals surface area contributed by atoms with Gasteiger partial charge in [-0.3, -0.25) is 5.32 Å². The highest BCUT2D eigenvalue weighted by Crippen LogP contribution is 2.12. The van der Waals surface area contributed by atoms with Gasteiger partial charge in [0.25, 0.3) is 0 Å². The molecule has 0 saturated carbocycles. The van der Waals surface area contributed by atoms with Crippen LogP contribution < -0.4 is 5.32 Å². The second kappa shape index (κ2) is 3.41. The van der Waals surface area contributed by atoms with Gasteiger partial charge in [-0.2, -0.15) is 10.5 Å². The van der Waals surface area contributed by atoms with Crippen LogP contribution in [0.25, 0.3) is 0 Å². The number of nitrogens with zero attached hydrogens (tertiary/aromatic N) is 2. The highest BCUT2D eigenvalue weighted by Gasteiger charge is 1.95. The summed E-state index contributed by atoms with van der Waals surface area (Å²) in [5, 5.41) is 19.4. The van der Waals surface area contributed by atoms with Crippen LogP contribution in [-0.2, 0) is 0 Å². The van der Waals surface area contributed by atoms with Crippen LogP contribution in [0.2, 0.25) is 0 Å². The highest BCUT2D eigenvalue weighted by molar-refractivity contribution is 5.53. The number of benzene rings is 1. The van der Waals surface area contributed by atoms with Crippen molar-refractivity contribution >= 4 is 5.69 Å². The van der Waals surface area contributed by atoms with Crippen LogP contribution in [0.15, 0.2) is 18.2 Å². The van der Waals surface area contributed by atoms with E-state index < -0.39 is 0 Å². The van der Waals surface area contributed by atoms with E-state index in [1.54, 1.807) is 18.3 Å². The molecular weight excluding hydrogens is 150 g/mol. The fourth-order valence-corrected chi connectivity index (χ4v) is 0.984. The zero-order chi connectivity index (χ0) is 8.97. The minimum absolute atomic E-state index is 0.563. The van der Waals surface area contributed by atoms with Crippen LogP contribution in [0.5, 0.6) is 0 Å². The van der Waals surface area contributed by atoms with Crippen molar-refractivity contribution < 1.29 is 0 Å². The quantitative estimate of drug-likeness (QED) is 0.499. The average molecular weight is 157 g/mol. The molecule has 0 saturated heterocycles. The highest BCUT2D eigenvalue weighted by atomic mass is 14.9. The summed E-state index contributed by atoms with van der Waals surface area (Å²) in [6, 6.07) is 7.23. The normalized spacial score (nSPS) is 8.25. The molecule has 1 aromatic carbocycles. The van der Waals surface area contributed by atoms with Gasteiger partial charge in [-0.15, -0.1) is 0 Å². The van der Waals surface area contributed by atoms with Gasteiger partial charge in [-0.1, -0.05) is 0 Å². The molecule has 0 spiro atoms. The van der Waals surface area contributed by atoms with Gasteiger partial charge in [-0.25, -0.2) is 0 Å². The molecule has 0 atom stereocenters. The topological polar surface area (TPSA) is 59.6 Å². The van der Waals surface area contributed by atoms with E-state index in [0.29, 0.717) is 11.3 Å². The van der Waals surface area contributed by atoms with Gasteiger partial charge >= 0.3 is 0 Å². The third-order valence-corrected chi connectivity index (χ3v) is 1.41. The Morgan fingerprint density at radius 1 is 1.25 bits per heavy atom. The van der Waals surface area contributed by atoms with Crippen molar-refractivity contribution in [2.24, 2.45) is 0 Å². The van der Waals surface area contributed by atoms with Gasteiger partial charge in [0.15, 0.2) is 6.19 Å². The number of hydrogen-bond donors (Lipinski definition) is 1. The molecule has 3 heteroatoms. The summed E-state index contributed by atoms with van der Waals surface area (Å²) >= 11 is 0. The van der Waals surface area contributed by atoms with Crippen molar-refractivity contribution in [2.75, 3.05) is 5.32 Å². The third-order valence-electron chi connectivity index (χ3n) is 1.41. The molecule has 12 heavy (non-hydrogen) atoms. The lowest BCUT2D eigenvalue weighted by Gasteiger charge is -1.99. The Balaban J connectivity index is 3.10. The van der Waals surface area contributed by atoms with Crippen LogP contribution in [0, 0.1) is 29.7 Å². The molecule has 1 N–H and O–H groups in total. The van der Waals surface area contributed by atoms with Crippen molar-refractivity contribution in [1.82, 2.24) is 0 Å². The first-order valence-electron chi connectivity index (χ1n) is 3.43. The SMILES string of the molecule is Cc1cc(C#N)cc(NC#N)c1. The average Bonchev–Trinajstić information content (AvgIpc) is 2.04. The molecule has 0 radical (unpaired) electrons. The Hall–Kier alpha value is -2.00. The predicted octanol–water partition coefficient (Wildman–Crippen LogP) is 1.76. The van der Waals surface area contributed by atoms with Gasteiger partial charge in [0.05, 0.1) is 11.6 Å². The van der Waals surface area contributed by atoms with E-state index in [0.717, 1.165) is 5.56 Å². The zero-order valence-electron chi connectivity index (χ0n) is 6.63. The van der Waals surface area contributed by atoms with Gasteiger partial charge in [0.1, 0.15) is 0 Å². The lowest BCUT2D eigenvalue weighted by Crippen LogP contribution is -1.89. The van der Waals surface area contributed by atoms with Crippen LogP contribution in [0.1, 0.15) is 11.1 Å². The first kappa shape index (κ1) is 8.10. The lowest BCUT2D eigenvalue weighted by atomic mass is 10.1. The second-order valence-corrected chi connectivity index (χ2v) is 2.44. The summed E-state index contributed by atoms with van der Waals surface area (Å²) < 4.78 is 0. The van der Waals surface area contributed by atoms with Crippen molar-refractivity contribution in [3.63, 3.8) is 0 Å². The first-order valence-corrected chi connectivity index (χ1v) is 3.43. The van der Waals surface area contributed by atoms with Crippen molar-refractivity contribution in [3.05, 3.63) is 29.3 Å². The fourth-order valence-electron chi connectivity index (χ4n) is 0.984. The number of rotatable bonds is 1. The summed E-state index contributed by atoms with van der Waals surface area (Å²) in [6.07, 6.45) is 1.80. The molecule has 1 rings (SSSR count). The van der Waals surface area contributed by atoms with E-state index >= 15 is 0 Å². The molecule has 0 aliphatic carbocycles. The van der Waals surface area contributed by atoms with Crippen LogP contribution in [0.3, 0.4) is 0 Å². The van der Waals surface area contributed by atoms with Crippen molar-refractivity contribution in [1.29, 1.82) is 10.5 Å². The molecule has 0 bridgehead atoms. The van der Waals surface area contributed by atoms with E-state index in [9.17, 15) is 0 Å². The summed E-state index contributed by atoms with van der Waals surface area (Å²) in [5.74, 6) is 0. The van der Waals surface area contributed by atoms with E-state index in [2.05, 4.69) is 5.32 Å². The van der Waals surface area contributed by atoms with E-state index in [-0.39, 0.29) is 0 Å². The summed E-state index contributed by atoms with van der Waals surface area (Å²) in [6.45, 7) is 1.88. The molecule has 0 amide bonds. The largest absolute Gasteiger partial charge is 0.293 e. The van der Waals surface area contributed by atoms with Crippen LogP contribution in [0.4, 0.5) is 5.69 Å². The molecule has 58 valence electrons. The second-order valence-electron chi connectivity index (χ2n) is 2.44. The molecule has 0 fully saturated rings. The number of nitriles is 2. The smallest absolute Gasteiger partial charge is 0.181 e. The van der Waals surface area contributed by atoms with E-state index in [1.165, 1.54) is 0 Å². The molecule has 0 aromatic heterocycles. The monoisotopic (exact) mass is 157 g/mol. The fraction of sp³-hybridized carbons (Fsp3) is 0.111. The molecule has 3 nitrogen and oxygen atoms in total. The lowest BCUT2D eigenvalue weighted by molar-refractivity contribution is 1.40. The summed E-state index contributed by atoms with van der Waals surface area (Å²) in [4.78, 5) is 0.